The second kappa shape index (κ2) is 6.73. The Labute approximate surface area is 125 Å². The monoisotopic (exact) mass is 304 g/mol. The second-order valence-corrected chi connectivity index (χ2v) is 4.50. The molecule has 21 heavy (non-hydrogen) atoms. The van der Waals surface area contributed by atoms with Crippen molar-refractivity contribution in [1.82, 2.24) is 0 Å². The minimum Gasteiger partial charge on any atom is -0.484 e. The van der Waals surface area contributed by atoms with Gasteiger partial charge < -0.3 is 10.1 Å². The fourth-order valence-corrected chi connectivity index (χ4v) is 1.77. The predicted molar refractivity (Wildman–Crippen MR) is 76.7 cm³/mol. The lowest BCUT2D eigenvalue weighted by molar-refractivity contribution is -0.118. The first-order chi connectivity index (χ1) is 10.1. The van der Waals surface area contributed by atoms with Gasteiger partial charge in [0.25, 0.3) is 5.91 Å². The van der Waals surface area contributed by atoms with E-state index in [1.807, 2.05) is 6.07 Å². The molecule has 0 atom stereocenters. The van der Waals surface area contributed by atoms with Crippen LogP contribution in [-0.4, -0.2) is 12.5 Å². The van der Waals surface area contributed by atoms with Gasteiger partial charge in [-0.1, -0.05) is 11.6 Å². The van der Waals surface area contributed by atoms with Crippen LogP contribution in [0.2, 0.25) is 5.02 Å². The highest BCUT2D eigenvalue weighted by molar-refractivity contribution is 6.33. The van der Waals surface area contributed by atoms with Gasteiger partial charge in [-0.2, -0.15) is 5.26 Å². The standard InChI is InChI=1S/C15H10ClFN2O2/c16-13-7-11(17)3-6-14(13)19-15(20)9-21-12-4-1-10(8-18)2-5-12/h1-7H,9H2,(H,19,20). The number of rotatable bonds is 4. The van der Waals surface area contributed by atoms with Crippen LogP contribution in [0.3, 0.4) is 0 Å². The van der Waals surface area contributed by atoms with Crippen molar-refractivity contribution in [3.05, 3.63) is 58.9 Å². The summed E-state index contributed by atoms with van der Waals surface area (Å²) in [6.45, 7) is -0.223. The Hall–Kier alpha value is -2.58. The largest absolute Gasteiger partial charge is 0.484 e. The van der Waals surface area contributed by atoms with Crippen molar-refractivity contribution in [2.45, 2.75) is 0 Å². The third-order valence-electron chi connectivity index (χ3n) is 2.56. The van der Waals surface area contributed by atoms with Crippen molar-refractivity contribution in [2.75, 3.05) is 11.9 Å². The summed E-state index contributed by atoms with van der Waals surface area (Å²) in [4.78, 5) is 11.7. The molecule has 2 aromatic carbocycles. The molecule has 1 amide bonds. The molecule has 4 nitrogen and oxygen atoms in total. The van der Waals surface area contributed by atoms with Crippen molar-refractivity contribution in [2.24, 2.45) is 0 Å². The van der Waals surface area contributed by atoms with Gasteiger partial charge in [-0.05, 0) is 42.5 Å². The lowest BCUT2D eigenvalue weighted by Gasteiger charge is -2.08. The van der Waals surface area contributed by atoms with Crippen LogP contribution in [0.5, 0.6) is 5.75 Å². The molecule has 0 saturated carbocycles. The maximum absolute atomic E-state index is 12.9. The maximum Gasteiger partial charge on any atom is 0.262 e. The van der Waals surface area contributed by atoms with Gasteiger partial charge in [-0.25, -0.2) is 4.39 Å². The molecule has 0 radical (unpaired) electrons. The van der Waals surface area contributed by atoms with E-state index in [4.69, 9.17) is 21.6 Å². The Balaban J connectivity index is 1.91. The molecule has 2 rings (SSSR count). The van der Waals surface area contributed by atoms with Crippen LogP contribution in [0.4, 0.5) is 10.1 Å². The van der Waals surface area contributed by atoms with Crippen molar-refractivity contribution in [3.63, 3.8) is 0 Å². The number of anilines is 1. The van der Waals surface area contributed by atoms with Gasteiger partial charge in [0.2, 0.25) is 0 Å². The van der Waals surface area contributed by atoms with Gasteiger partial charge >= 0.3 is 0 Å². The molecule has 0 saturated heterocycles. The van der Waals surface area contributed by atoms with Gasteiger partial charge in [-0.15, -0.1) is 0 Å². The average Bonchev–Trinajstić information content (AvgIpc) is 2.48. The molecule has 106 valence electrons. The molecule has 0 spiro atoms. The van der Waals surface area contributed by atoms with E-state index in [9.17, 15) is 9.18 Å². The van der Waals surface area contributed by atoms with Crippen LogP contribution in [0.25, 0.3) is 0 Å². The predicted octanol–water partition coefficient (Wildman–Crippen LogP) is 3.37. The lowest BCUT2D eigenvalue weighted by atomic mass is 10.2. The van der Waals surface area contributed by atoms with E-state index >= 15 is 0 Å². The van der Waals surface area contributed by atoms with Crippen molar-refractivity contribution < 1.29 is 13.9 Å². The minimum absolute atomic E-state index is 0.113. The quantitative estimate of drug-likeness (QED) is 0.942. The van der Waals surface area contributed by atoms with Crippen LogP contribution in [-0.2, 0) is 4.79 Å². The number of carbonyl (C=O) groups excluding carboxylic acids is 1. The summed E-state index contributed by atoms with van der Waals surface area (Å²) in [6, 6.07) is 12.0. The molecule has 0 fully saturated rings. The smallest absolute Gasteiger partial charge is 0.262 e. The van der Waals surface area contributed by atoms with E-state index in [0.717, 1.165) is 6.07 Å². The Bertz CT molecular complexity index is 696. The van der Waals surface area contributed by atoms with E-state index in [2.05, 4.69) is 5.32 Å². The highest BCUT2D eigenvalue weighted by atomic mass is 35.5. The number of benzene rings is 2. The summed E-state index contributed by atoms with van der Waals surface area (Å²) in [5.41, 5.74) is 0.816. The topological polar surface area (TPSA) is 62.1 Å². The summed E-state index contributed by atoms with van der Waals surface area (Å²) in [5.74, 6) is -0.436. The highest BCUT2D eigenvalue weighted by Gasteiger charge is 2.07. The van der Waals surface area contributed by atoms with Gasteiger partial charge in [0, 0.05) is 0 Å². The normalized spacial score (nSPS) is 9.76. The average molecular weight is 305 g/mol. The molecular weight excluding hydrogens is 295 g/mol. The molecule has 0 bridgehead atoms. The Morgan fingerprint density at radius 1 is 1.29 bits per heavy atom. The first-order valence-electron chi connectivity index (χ1n) is 5.96. The van der Waals surface area contributed by atoms with Crippen LogP contribution in [0.15, 0.2) is 42.5 Å². The van der Waals surface area contributed by atoms with E-state index < -0.39 is 11.7 Å². The molecule has 0 aliphatic rings. The highest BCUT2D eigenvalue weighted by Crippen LogP contribution is 2.22. The van der Waals surface area contributed by atoms with Gasteiger partial charge in [0.15, 0.2) is 6.61 Å². The number of nitriles is 1. The minimum atomic E-state index is -0.480. The molecule has 0 heterocycles. The van der Waals surface area contributed by atoms with E-state index in [0.29, 0.717) is 17.0 Å². The Kier molecular flexibility index (Phi) is 4.75. The summed E-state index contributed by atoms with van der Waals surface area (Å²) in [6.07, 6.45) is 0. The van der Waals surface area contributed by atoms with Crippen LogP contribution in [0, 0.1) is 17.1 Å². The summed E-state index contributed by atoms with van der Waals surface area (Å²) in [7, 11) is 0. The lowest BCUT2D eigenvalue weighted by Crippen LogP contribution is -2.20. The second-order valence-electron chi connectivity index (χ2n) is 4.10. The zero-order chi connectivity index (χ0) is 15.2. The molecule has 0 aliphatic carbocycles. The molecule has 0 aromatic heterocycles. The first-order valence-corrected chi connectivity index (χ1v) is 6.34. The molecule has 0 unspecified atom stereocenters. The summed E-state index contributed by atoms with van der Waals surface area (Å²) in [5, 5.41) is 11.3. The van der Waals surface area contributed by atoms with Crippen molar-refractivity contribution in [1.29, 1.82) is 5.26 Å². The number of hydrogen-bond donors (Lipinski definition) is 1. The molecule has 0 aliphatic heterocycles. The fraction of sp³-hybridized carbons (Fsp3) is 0.0667. The Morgan fingerprint density at radius 3 is 2.62 bits per heavy atom. The third-order valence-corrected chi connectivity index (χ3v) is 2.87. The number of ether oxygens (including phenoxy) is 1. The van der Waals surface area contributed by atoms with E-state index in [-0.39, 0.29) is 11.6 Å². The zero-order valence-electron chi connectivity index (χ0n) is 10.8. The van der Waals surface area contributed by atoms with Crippen LogP contribution >= 0.6 is 11.6 Å². The SMILES string of the molecule is N#Cc1ccc(OCC(=O)Nc2ccc(F)cc2Cl)cc1. The number of halogens is 2. The molecule has 1 N–H and O–H groups in total. The van der Waals surface area contributed by atoms with E-state index in [1.54, 1.807) is 24.3 Å². The summed E-state index contributed by atoms with van der Waals surface area (Å²) < 4.78 is 18.1. The fourth-order valence-electron chi connectivity index (χ4n) is 1.55. The van der Waals surface area contributed by atoms with Crippen molar-refractivity contribution >= 4 is 23.2 Å². The number of amides is 1. The molecule has 6 heteroatoms. The van der Waals surface area contributed by atoms with Crippen molar-refractivity contribution in [3.8, 4) is 11.8 Å². The number of nitrogens with one attached hydrogen (secondary N) is 1. The Morgan fingerprint density at radius 2 is 2.00 bits per heavy atom. The number of hydrogen-bond acceptors (Lipinski definition) is 3. The maximum atomic E-state index is 12.9. The third kappa shape index (κ3) is 4.20. The van der Waals surface area contributed by atoms with Gasteiger partial charge in [0.1, 0.15) is 11.6 Å². The van der Waals surface area contributed by atoms with E-state index in [1.165, 1.54) is 12.1 Å². The zero-order valence-corrected chi connectivity index (χ0v) is 11.5. The number of carbonyl (C=O) groups is 1. The van der Waals surface area contributed by atoms with Crippen LogP contribution < -0.4 is 10.1 Å². The first kappa shape index (κ1) is 14.8. The summed E-state index contributed by atoms with van der Waals surface area (Å²) >= 11 is 5.80. The molecule has 2 aromatic rings. The van der Waals surface area contributed by atoms with Gasteiger partial charge in [0.05, 0.1) is 22.3 Å². The number of nitrogens with zero attached hydrogens (tertiary/aromatic N) is 1. The van der Waals surface area contributed by atoms with Crippen LogP contribution in [0.1, 0.15) is 5.56 Å². The van der Waals surface area contributed by atoms with Gasteiger partial charge in [-0.3, -0.25) is 4.79 Å². The molecular formula is C15H10ClFN2O2.